The second kappa shape index (κ2) is 7.03. The number of rotatable bonds is 4. The minimum atomic E-state index is -0.479. The number of nitrogens with one attached hydrogen (secondary N) is 2. The van der Waals surface area contributed by atoms with E-state index < -0.39 is 6.03 Å². The fourth-order valence-corrected chi connectivity index (χ4v) is 2.97. The molecule has 7 heteroatoms. The Labute approximate surface area is 150 Å². The van der Waals surface area contributed by atoms with Crippen molar-refractivity contribution in [1.29, 1.82) is 0 Å². The maximum Gasteiger partial charge on any atom is 0.329 e. The molecule has 2 aromatic carbocycles. The Morgan fingerprint density at radius 2 is 1.54 bits per heavy atom. The molecule has 0 aliphatic heterocycles. The van der Waals surface area contributed by atoms with E-state index in [1.807, 2.05) is 19.9 Å². The SMILES string of the molecule is CCn1c(=O)n(CC)c2cc(NC(=O)Nc3ccc(C)c(F)c3)ccc21. The van der Waals surface area contributed by atoms with Gasteiger partial charge in [-0.1, -0.05) is 6.07 Å². The third-order valence-electron chi connectivity index (χ3n) is 4.34. The van der Waals surface area contributed by atoms with Gasteiger partial charge in [-0.05, 0) is 56.7 Å². The highest BCUT2D eigenvalue weighted by Gasteiger charge is 2.12. The number of carbonyl (C=O) groups is 1. The van der Waals surface area contributed by atoms with E-state index in [1.165, 1.54) is 6.07 Å². The van der Waals surface area contributed by atoms with Gasteiger partial charge in [0, 0.05) is 24.5 Å². The van der Waals surface area contributed by atoms with Crippen LogP contribution in [0.3, 0.4) is 0 Å². The molecule has 1 heterocycles. The minimum absolute atomic E-state index is 0.0678. The molecule has 0 spiro atoms. The van der Waals surface area contributed by atoms with Gasteiger partial charge in [0.1, 0.15) is 5.82 Å². The average Bonchev–Trinajstić information content (AvgIpc) is 2.88. The highest BCUT2D eigenvalue weighted by Crippen LogP contribution is 2.20. The summed E-state index contributed by atoms with van der Waals surface area (Å²) in [7, 11) is 0. The number of imidazole rings is 1. The number of hydrogen-bond acceptors (Lipinski definition) is 2. The van der Waals surface area contributed by atoms with Crippen molar-refractivity contribution >= 4 is 28.4 Å². The summed E-state index contributed by atoms with van der Waals surface area (Å²) in [5.74, 6) is -0.378. The van der Waals surface area contributed by atoms with Crippen LogP contribution in [-0.2, 0) is 13.1 Å². The molecule has 0 bridgehead atoms. The second-order valence-electron chi connectivity index (χ2n) is 6.02. The maximum atomic E-state index is 13.6. The molecule has 6 nitrogen and oxygen atoms in total. The Hall–Kier alpha value is -3.09. The molecule has 1 aromatic heterocycles. The minimum Gasteiger partial charge on any atom is -0.308 e. The zero-order chi connectivity index (χ0) is 18.8. The van der Waals surface area contributed by atoms with Crippen LogP contribution in [0, 0.1) is 12.7 Å². The zero-order valence-electron chi connectivity index (χ0n) is 15.0. The van der Waals surface area contributed by atoms with Crippen molar-refractivity contribution < 1.29 is 9.18 Å². The molecule has 2 amide bonds. The van der Waals surface area contributed by atoms with Gasteiger partial charge in [-0.15, -0.1) is 0 Å². The third-order valence-corrected chi connectivity index (χ3v) is 4.34. The van der Waals surface area contributed by atoms with Crippen molar-refractivity contribution in [3.8, 4) is 0 Å². The number of fused-ring (bicyclic) bond motifs is 1. The number of aryl methyl sites for hydroxylation is 3. The van der Waals surface area contributed by atoms with Gasteiger partial charge >= 0.3 is 11.7 Å². The van der Waals surface area contributed by atoms with E-state index in [0.717, 1.165) is 11.0 Å². The lowest BCUT2D eigenvalue weighted by molar-refractivity contribution is 0.262. The molecule has 0 atom stereocenters. The van der Waals surface area contributed by atoms with Crippen LogP contribution in [0.15, 0.2) is 41.2 Å². The molecule has 0 saturated heterocycles. The first-order chi connectivity index (χ1) is 12.4. The number of benzene rings is 2. The Kier molecular flexibility index (Phi) is 4.79. The predicted molar refractivity (Wildman–Crippen MR) is 101 cm³/mol. The fourth-order valence-electron chi connectivity index (χ4n) is 2.97. The maximum absolute atomic E-state index is 13.6. The lowest BCUT2D eigenvalue weighted by Crippen LogP contribution is -2.23. The Morgan fingerprint density at radius 1 is 0.962 bits per heavy atom. The van der Waals surface area contributed by atoms with Gasteiger partial charge in [-0.3, -0.25) is 9.13 Å². The molecule has 0 radical (unpaired) electrons. The van der Waals surface area contributed by atoms with Gasteiger partial charge in [0.05, 0.1) is 11.0 Å². The molecule has 0 aliphatic rings. The van der Waals surface area contributed by atoms with Gasteiger partial charge in [0.2, 0.25) is 0 Å². The first-order valence-corrected chi connectivity index (χ1v) is 8.51. The number of urea groups is 1. The second-order valence-corrected chi connectivity index (χ2v) is 6.02. The van der Waals surface area contributed by atoms with Crippen LogP contribution < -0.4 is 16.3 Å². The standard InChI is InChI=1S/C19H21FN4O2/c1-4-23-16-9-8-14(11-17(16)24(5-2)19(23)26)22-18(25)21-13-7-6-12(3)15(20)10-13/h6-11H,4-5H2,1-3H3,(H2,21,22,25). The van der Waals surface area contributed by atoms with Gasteiger partial charge in [-0.25, -0.2) is 14.0 Å². The van der Waals surface area contributed by atoms with E-state index in [0.29, 0.717) is 30.0 Å². The monoisotopic (exact) mass is 356 g/mol. The molecule has 0 saturated carbocycles. The molecule has 2 N–H and O–H groups in total. The van der Waals surface area contributed by atoms with Crippen molar-refractivity contribution in [2.24, 2.45) is 0 Å². The Bertz CT molecular complexity index is 1040. The highest BCUT2D eigenvalue weighted by atomic mass is 19.1. The zero-order valence-corrected chi connectivity index (χ0v) is 15.0. The summed E-state index contributed by atoms with van der Waals surface area (Å²) in [5.41, 5.74) is 2.96. The van der Waals surface area contributed by atoms with Crippen LogP contribution >= 0.6 is 0 Å². The number of halogens is 1. The van der Waals surface area contributed by atoms with Crippen LogP contribution in [0.4, 0.5) is 20.6 Å². The largest absolute Gasteiger partial charge is 0.329 e. The molecule has 3 aromatic rings. The van der Waals surface area contributed by atoms with Gasteiger partial charge in [0.25, 0.3) is 0 Å². The summed E-state index contributed by atoms with van der Waals surface area (Å²) in [6.45, 7) is 6.60. The van der Waals surface area contributed by atoms with Crippen molar-refractivity contribution in [2.45, 2.75) is 33.9 Å². The van der Waals surface area contributed by atoms with Gasteiger partial charge in [-0.2, -0.15) is 0 Å². The lowest BCUT2D eigenvalue weighted by atomic mass is 10.2. The number of carbonyl (C=O) groups excluding carboxylic acids is 1. The molecule has 26 heavy (non-hydrogen) atoms. The van der Waals surface area contributed by atoms with Crippen LogP contribution in [0.5, 0.6) is 0 Å². The van der Waals surface area contributed by atoms with E-state index >= 15 is 0 Å². The van der Waals surface area contributed by atoms with Gasteiger partial charge in [0.15, 0.2) is 0 Å². The smallest absolute Gasteiger partial charge is 0.308 e. The topological polar surface area (TPSA) is 68.1 Å². The van der Waals surface area contributed by atoms with Crippen LogP contribution in [0.1, 0.15) is 19.4 Å². The summed E-state index contributed by atoms with van der Waals surface area (Å²) < 4.78 is 16.9. The fraction of sp³-hybridized carbons (Fsp3) is 0.263. The highest BCUT2D eigenvalue weighted by molar-refractivity contribution is 6.00. The molecular weight excluding hydrogens is 335 g/mol. The van der Waals surface area contributed by atoms with Crippen molar-refractivity contribution in [3.05, 3.63) is 58.3 Å². The van der Waals surface area contributed by atoms with Crippen LogP contribution in [0.25, 0.3) is 11.0 Å². The quantitative estimate of drug-likeness (QED) is 0.744. The molecule has 136 valence electrons. The number of aromatic nitrogens is 2. The molecule has 0 unspecified atom stereocenters. The Morgan fingerprint density at radius 3 is 2.15 bits per heavy atom. The van der Waals surface area contributed by atoms with E-state index in [1.54, 1.807) is 40.3 Å². The summed E-state index contributed by atoms with van der Waals surface area (Å²) >= 11 is 0. The summed E-state index contributed by atoms with van der Waals surface area (Å²) in [6, 6.07) is 9.35. The van der Waals surface area contributed by atoms with Crippen LogP contribution in [0.2, 0.25) is 0 Å². The van der Waals surface area contributed by atoms with Crippen LogP contribution in [-0.4, -0.2) is 15.2 Å². The van der Waals surface area contributed by atoms with E-state index in [-0.39, 0.29) is 11.5 Å². The van der Waals surface area contributed by atoms with Gasteiger partial charge < -0.3 is 10.6 Å². The molecular formula is C19H21FN4O2. The van der Waals surface area contributed by atoms with Crippen molar-refractivity contribution in [3.63, 3.8) is 0 Å². The third kappa shape index (κ3) is 3.20. The van der Waals surface area contributed by atoms with Crippen molar-refractivity contribution in [1.82, 2.24) is 9.13 Å². The summed E-state index contributed by atoms with van der Waals surface area (Å²) in [4.78, 5) is 24.6. The predicted octanol–water partition coefficient (Wildman–Crippen LogP) is 3.93. The summed E-state index contributed by atoms with van der Waals surface area (Å²) in [5, 5.41) is 5.32. The van der Waals surface area contributed by atoms with E-state index in [9.17, 15) is 14.0 Å². The molecule has 3 rings (SSSR count). The number of amides is 2. The van der Waals surface area contributed by atoms with E-state index in [4.69, 9.17) is 0 Å². The normalized spacial score (nSPS) is 10.9. The first kappa shape index (κ1) is 17.7. The summed E-state index contributed by atoms with van der Waals surface area (Å²) in [6.07, 6.45) is 0. The molecule has 0 aliphatic carbocycles. The lowest BCUT2D eigenvalue weighted by Gasteiger charge is -2.09. The number of hydrogen-bond donors (Lipinski definition) is 2. The number of nitrogens with zero attached hydrogens (tertiary/aromatic N) is 2. The Balaban J connectivity index is 1.85. The molecule has 0 fully saturated rings. The first-order valence-electron chi connectivity index (χ1n) is 8.51. The average molecular weight is 356 g/mol. The number of anilines is 2. The van der Waals surface area contributed by atoms with E-state index in [2.05, 4.69) is 10.6 Å². The van der Waals surface area contributed by atoms with Crippen molar-refractivity contribution in [2.75, 3.05) is 10.6 Å².